The molecule has 6 nitrogen and oxygen atoms in total. The molecule has 0 fully saturated rings. The molecule has 0 saturated carbocycles. The van der Waals surface area contributed by atoms with Gasteiger partial charge in [-0.05, 0) is 41.8 Å². The predicted octanol–water partition coefficient (Wildman–Crippen LogP) is 3.64. The third-order valence-electron chi connectivity index (χ3n) is 4.18. The molecule has 0 aliphatic carbocycles. The molecule has 0 unspecified atom stereocenters. The molecule has 2 aromatic carbocycles. The Morgan fingerprint density at radius 3 is 2.63 bits per heavy atom. The molecule has 1 N–H and O–H groups in total. The maximum atomic E-state index is 12.6. The number of halogens is 1. The molecule has 140 valence electrons. The third kappa shape index (κ3) is 4.06. The third-order valence-corrected chi connectivity index (χ3v) is 4.41. The van der Waals surface area contributed by atoms with Crippen LogP contribution in [0.2, 0.25) is 5.02 Å². The number of nitrogens with zero attached hydrogens (tertiary/aromatic N) is 2. The van der Waals surface area contributed by atoms with E-state index in [9.17, 15) is 9.59 Å². The number of rotatable bonds is 5. The molecular weight excluding hydrogens is 366 g/mol. The van der Waals surface area contributed by atoms with Crippen molar-refractivity contribution in [2.24, 2.45) is 0 Å². The Balaban J connectivity index is 1.83. The van der Waals surface area contributed by atoms with Gasteiger partial charge in [0.1, 0.15) is 12.3 Å². The number of nitrogens with one attached hydrogen (secondary N) is 1. The fourth-order valence-corrected chi connectivity index (χ4v) is 3.00. The summed E-state index contributed by atoms with van der Waals surface area (Å²) in [6.07, 6.45) is 1.84. The van der Waals surface area contributed by atoms with Crippen molar-refractivity contribution >= 4 is 40.0 Å². The first-order valence-electron chi connectivity index (χ1n) is 8.33. The first-order valence-corrected chi connectivity index (χ1v) is 8.71. The lowest BCUT2D eigenvalue weighted by molar-refractivity contribution is -0.116. The molecule has 3 aromatic rings. The molecule has 1 heterocycles. The fraction of sp³-hybridized carbons (Fsp3) is 0.200. The molecule has 27 heavy (non-hydrogen) atoms. The Bertz CT molecular complexity index is 1010. The van der Waals surface area contributed by atoms with E-state index in [4.69, 9.17) is 16.3 Å². The monoisotopic (exact) mass is 385 g/mol. The van der Waals surface area contributed by atoms with Crippen LogP contribution in [-0.2, 0) is 11.3 Å². The zero-order chi connectivity index (χ0) is 19.6. The zero-order valence-corrected chi connectivity index (χ0v) is 16.1. The predicted molar refractivity (Wildman–Crippen MR) is 107 cm³/mol. The highest BCUT2D eigenvalue weighted by Gasteiger charge is 2.14. The van der Waals surface area contributed by atoms with Gasteiger partial charge in [0.25, 0.3) is 5.91 Å². The van der Waals surface area contributed by atoms with Crippen LogP contribution in [0.1, 0.15) is 10.4 Å². The van der Waals surface area contributed by atoms with Gasteiger partial charge < -0.3 is 19.5 Å². The second kappa shape index (κ2) is 7.72. The number of carbonyl (C=O) groups excluding carboxylic acids is 2. The van der Waals surface area contributed by atoms with Crippen molar-refractivity contribution in [1.29, 1.82) is 0 Å². The summed E-state index contributed by atoms with van der Waals surface area (Å²) in [4.78, 5) is 26.2. The summed E-state index contributed by atoms with van der Waals surface area (Å²) in [6.45, 7) is 0.110. The van der Waals surface area contributed by atoms with Gasteiger partial charge in [-0.2, -0.15) is 0 Å². The van der Waals surface area contributed by atoms with E-state index in [0.29, 0.717) is 22.0 Å². The summed E-state index contributed by atoms with van der Waals surface area (Å²) >= 11 is 6.06. The summed E-state index contributed by atoms with van der Waals surface area (Å²) in [5.41, 5.74) is 1.79. The van der Waals surface area contributed by atoms with Crippen LogP contribution in [0, 0.1) is 0 Å². The Morgan fingerprint density at radius 2 is 1.93 bits per heavy atom. The van der Waals surface area contributed by atoms with Gasteiger partial charge in [0, 0.05) is 36.4 Å². The van der Waals surface area contributed by atoms with Gasteiger partial charge in [0.2, 0.25) is 5.91 Å². The van der Waals surface area contributed by atoms with Crippen LogP contribution >= 0.6 is 11.6 Å². The largest absolute Gasteiger partial charge is 0.495 e. The molecule has 0 aliphatic heterocycles. The number of amides is 2. The van der Waals surface area contributed by atoms with E-state index in [1.807, 2.05) is 35.0 Å². The molecule has 7 heteroatoms. The highest BCUT2D eigenvalue weighted by molar-refractivity contribution is 6.31. The van der Waals surface area contributed by atoms with Crippen LogP contribution < -0.4 is 10.1 Å². The van der Waals surface area contributed by atoms with Crippen molar-refractivity contribution in [2.45, 2.75) is 6.54 Å². The lowest BCUT2D eigenvalue weighted by Gasteiger charge is -2.15. The minimum absolute atomic E-state index is 0.110. The van der Waals surface area contributed by atoms with Crippen molar-refractivity contribution in [3.05, 3.63) is 59.2 Å². The average molecular weight is 386 g/mol. The van der Waals surface area contributed by atoms with Crippen LogP contribution in [0.4, 0.5) is 5.69 Å². The van der Waals surface area contributed by atoms with Gasteiger partial charge in [-0.1, -0.05) is 17.7 Å². The molecule has 0 atom stereocenters. The van der Waals surface area contributed by atoms with Crippen LogP contribution in [0.25, 0.3) is 10.9 Å². The minimum atomic E-state index is -0.236. The molecular formula is C20H20ClN3O3. The number of ether oxygens (including phenoxy) is 1. The highest BCUT2D eigenvalue weighted by atomic mass is 35.5. The first kappa shape index (κ1) is 18.8. The molecule has 3 rings (SSSR count). The zero-order valence-electron chi connectivity index (χ0n) is 15.3. The molecule has 2 amide bonds. The van der Waals surface area contributed by atoms with Crippen LogP contribution in [0.15, 0.2) is 48.7 Å². The van der Waals surface area contributed by atoms with Crippen molar-refractivity contribution in [2.75, 3.05) is 26.5 Å². The number of hydrogen-bond donors (Lipinski definition) is 1. The quantitative estimate of drug-likeness (QED) is 0.729. The highest BCUT2D eigenvalue weighted by Crippen LogP contribution is 2.26. The molecule has 0 bridgehead atoms. The van der Waals surface area contributed by atoms with E-state index in [0.717, 1.165) is 10.9 Å². The number of fused-ring (bicyclic) bond motifs is 1. The molecule has 0 saturated heterocycles. The van der Waals surface area contributed by atoms with E-state index < -0.39 is 0 Å². The van der Waals surface area contributed by atoms with Crippen molar-refractivity contribution in [3.8, 4) is 5.75 Å². The van der Waals surface area contributed by atoms with Crippen LogP contribution in [0.3, 0.4) is 0 Å². The fourth-order valence-electron chi connectivity index (χ4n) is 2.84. The topological polar surface area (TPSA) is 63.6 Å². The Kier molecular flexibility index (Phi) is 5.37. The molecule has 0 aliphatic rings. The van der Waals surface area contributed by atoms with E-state index >= 15 is 0 Å². The average Bonchev–Trinajstić information content (AvgIpc) is 3.02. The summed E-state index contributed by atoms with van der Waals surface area (Å²) < 4.78 is 7.12. The number of benzene rings is 2. The van der Waals surface area contributed by atoms with Crippen LogP contribution in [0.5, 0.6) is 5.75 Å². The summed E-state index contributed by atoms with van der Waals surface area (Å²) in [7, 11) is 4.86. The maximum absolute atomic E-state index is 12.6. The number of hydrogen-bond acceptors (Lipinski definition) is 3. The van der Waals surface area contributed by atoms with Crippen molar-refractivity contribution in [3.63, 3.8) is 0 Å². The van der Waals surface area contributed by atoms with Gasteiger partial charge in [0.05, 0.1) is 12.8 Å². The van der Waals surface area contributed by atoms with E-state index in [1.165, 1.54) is 12.0 Å². The number of methoxy groups -OCH3 is 1. The normalized spacial score (nSPS) is 10.7. The molecule has 0 spiro atoms. The SMILES string of the molecule is COc1ccc(C(=O)N(C)C)cc1NC(=O)Cn1ccc2ccc(Cl)cc21. The van der Waals surface area contributed by atoms with Crippen LogP contribution in [-0.4, -0.2) is 42.5 Å². The first-order chi connectivity index (χ1) is 12.9. The lowest BCUT2D eigenvalue weighted by atomic mass is 10.1. The van der Waals surface area contributed by atoms with E-state index in [-0.39, 0.29) is 18.4 Å². The summed E-state index contributed by atoms with van der Waals surface area (Å²) in [5.74, 6) is 0.0958. The van der Waals surface area contributed by atoms with Crippen molar-refractivity contribution < 1.29 is 14.3 Å². The smallest absolute Gasteiger partial charge is 0.253 e. The molecule has 1 aromatic heterocycles. The van der Waals surface area contributed by atoms with E-state index in [2.05, 4.69) is 5.32 Å². The van der Waals surface area contributed by atoms with Crippen molar-refractivity contribution in [1.82, 2.24) is 9.47 Å². The van der Waals surface area contributed by atoms with Gasteiger partial charge in [-0.25, -0.2) is 0 Å². The number of aromatic nitrogens is 1. The number of anilines is 1. The second-order valence-electron chi connectivity index (χ2n) is 6.31. The van der Waals surface area contributed by atoms with E-state index in [1.54, 1.807) is 32.3 Å². The second-order valence-corrected chi connectivity index (χ2v) is 6.75. The number of carbonyl (C=O) groups is 2. The maximum Gasteiger partial charge on any atom is 0.253 e. The Labute approximate surface area is 162 Å². The van der Waals surface area contributed by atoms with Gasteiger partial charge in [0.15, 0.2) is 0 Å². The minimum Gasteiger partial charge on any atom is -0.495 e. The Hall–Kier alpha value is -2.99. The van der Waals surface area contributed by atoms with Gasteiger partial charge in [-0.15, -0.1) is 0 Å². The van der Waals surface area contributed by atoms with Gasteiger partial charge >= 0.3 is 0 Å². The molecule has 0 radical (unpaired) electrons. The van der Waals surface area contributed by atoms with Gasteiger partial charge in [-0.3, -0.25) is 9.59 Å². The lowest BCUT2D eigenvalue weighted by Crippen LogP contribution is -2.22. The Morgan fingerprint density at radius 1 is 1.15 bits per heavy atom. The standard InChI is InChI=1S/C20H20ClN3O3/c1-23(2)20(26)14-5-7-18(27-3)16(10-14)22-19(25)12-24-9-8-13-4-6-15(21)11-17(13)24/h4-11H,12H2,1-3H3,(H,22,25). The summed E-state index contributed by atoms with van der Waals surface area (Å²) in [6, 6.07) is 12.4. The summed E-state index contributed by atoms with van der Waals surface area (Å²) in [5, 5.41) is 4.44.